The van der Waals surface area contributed by atoms with Gasteiger partial charge in [0.1, 0.15) is 5.70 Å². The first-order chi connectivity index (χ1) is 16.3. The minimum atomic E-state index is -0.306. The Bertz CT molecular complexity index is 1350. The smallest absolute Gasteiger partial charge is 0.186 e. The highest BCUT2D eigenvalue weighted by molar-refractivity contribution is 7.20. The molecule has 0 radical (unpaired) electrons. The number of benzene rings is 2. The van der Waals surface area contributed by atoms with Crippen molar-refractivity contribution < 1.29 is 4.79 Å². The third kappa shape index (κ3) is 5.55. The standard InChI is InChI=1S/C30H31ClN2OS/c1-18-12-21(31)17-22(13-18)32-33-27(26-16-19-10-8-9-11-25(19)35-26)20-14-23(29(2,3)4)28(34)24(15-20)30(5,6)7/h8-17H,1-7H3. The van der Waals surface area contributed by atoms with Gasteiger partial charge in [0.25, 0.3) is 0 Å². The minimum absolute atomic E-state index is 0.104. The van der Waals surface area contributed by atoms with E-state index in [0.717, 1.165) is 38.2 Å². The van der Waals surface area contributed by atoms with Crippen molar-refractivity contribution in [3.05, 3.63) is 92.9 Å². The highest BCUT2D eigenvalue weighted by Gasteiger charge is 2.34. The fourth-order valence-corrected chi connectivity index (χ4v) is 5.46. The Kier molecular flexibility index (Phi) is 6.74. The van der Waals surface area contributed by atoms with Gasteiger partial charge in [-0.15, -0.1) is 16.5 Å². The third-order valence-corrected chi connectivity index (χ3v) is 7.27. The number of nitrogens with zero attached hydrogens (tertiary/aromatic N) is 2. The van der Waals surface area contributed by atoms with Crippen molar-refractivity contribution in [3.8, 4) is 0 Å². The molecule has 4 rings (SSSR count). The average molecular weight is 503 g/mol. The van der Waals surface area contributed by atoms with E-state index < -0.39 is 0 Å². The van der Waals surface area contributed by atoms with Crippen LogP contribution in [0, 0.1) is 17.8 Å². The highest BCUT2D eigenvalue weighted by Crippen LogP contribution is 2.42. The lowest BCUT2D eigenvalue weighted by Gasteiger charge is -2.31. The number of thiophene rings is 1. The summed E-state index contributed by atoms with van der Waals surface area (Å²) in [5, 5.41) is 11.2. The van der Waals surface area contributed by atoms with Crippen LogP contribution in [0.5, 0.6) is 0 Å². The van der Waals surface area contributed by atoms with Crippen LogP contribution in [0.1, 0.15) is 52.0 Å². The number of fused-ring (bicyclic) bond motifs is 1. The molecule has 1 aliphatic rings. The lowest BCUT2D eigenvalue weighted by atomic mass is 9.71. The van der Waals surface area contributed by atoms with Crippen LogP contribution in [0.2, 0.25) is 5.02 Å². The maximum absolute atomic E-state index is 13.5. The molecule has 0 unspecified atom stereocenters. The molecule has 0 atom stereocenters. The van der Waals surface area contributed by atoms with Crippen molar-refractivity contribution in [1.82, 2.24) is 0 Å². The first-order valence-corrected chi connectivity index (χ1v) is 12.9. The Morgan fingerprint density at radius 2 is 1.51 bits per heavy atom. The molecule has 0 fully saturated rings. The summed E-state index contributed by atoms with van der Waals surface area (Å²) < 4.78 is 1.18. The van der Waals surface area contributed by atoms with Crippen LogP contribution in [0.3, 0.4) is 0 Å². The predicted octanol–water partition coefficient (Wildman–Crippen LogP) is 9.89. The number of azo groups is 1. The Balaban J connectivity index is 2.00. The number of rotatable bonds is 3. The molecule has 0 spiro atoms. The molecular weight excluding hydrogens is 472 g/mol. The molecule has 1 aliphatic carbocycles. The van der Waals surface area contributed by atoms with Crippen molar-refractivity contribution >= 4 is 50.2 Å². The Morgan fingerprint density at radius 1 is 0.886 bits per heavy atom. The molecular formula is C30H31ClN2OS. The van der Waals surface area contributed by atoms with Gasteiger partial charge < -0.3 is 0 Å². The van der Waals surface area contributed by atoms with E-state index in [4.69, 9.17) is 16.7 Å². The molecule has 0 N–H and O–H groups in total. The van der Waals surface area contributed by atoms with Gasteiger partial charge >= 0.3 is 0 Å². The fourth-order valence-electron chi connectivity index (χ4n) is 4.11. The summed E-state index contributed by atoms with van der Waals surface area (Å²) in [5.74, 6) is 0.104. The molecule has 2 aromatic carbocycles. The van der Waals surface area contributed by atoms with E-state index in [-0.39, 0.29) is 16.6 Å². The van der Waals surface area contributed by atoms with E-state index >= 15 is 0 Å². The summed E-state index contributed by atoms with van der Waals surface area (Å²) in [6.45, 7) is 14.5. The van der Waals surface area contributed by atoms with Gasteiger partial charge in [0.15, 0.2) is 5.78 Å². The normalized spacial score (nSPS) is 15.1. The minimum Gasteiger partial charge on any atom is -0.289 e. The summed E-state index contributed by atoms with van der Waals surface area (Å²) in [6, 6.07) is 16.1. The SMILES string of the molecule is Cc1cc(Cl)cc(N=NC(=C2C=C(C(C)(C)C)C(=O)C(C(C)(C)C)=C2)c2cc3ccccc3s2)c1. The van der Waals surface area contributed by atoms with Crippen molar-refractivity contribution in [2.45, 2.75) is 48.5 Å². The van der Waals surface area contributed by atoms with Crippen molar-refractivity contribution in [3.63, 3.8) is 0 Å². The molecule has 0 saturated carbocycles. The monoisotopic (exact) mass is 502 g/mol. The molecule has 0 amide bonds. The number of hydrogen-bond acceptors (Lipinski definition) is 4. The maximum Gasteiger partial charge on any atom is 0.186 e. The zero-order chi connectivity index (χ0) is 25.5. The summed E-state index contributed by atoms with van der Waals surface area (Å²) in [6.07, 6.45) is 4.00. The van der Waals surface area contributed by atoms with Crippen molar-refractivity contribution in [1.29, 1.82) is 0 Å². The molecule has 3 nitrogen and oxygen atoms in total. The second-order valence-electron chi connectivity index (χ2n) is 11.1. The van der Waals surface area contributed by atoms with E-state index in [1.54, 1.807) is 11.3 Å². The van der Waals surface area contributed by atoms with Gasteiger partial charge in [-0.05, 0) is 71.2 Å². The lowest BCUT2D eigenvalue weighted by Crippen LogP contribution is -2.28. The van der Waals surface area contributed by atoms with Crippen LogP contribution in [-0.2, 0) is 4.79 Å². The summed E-state index contributed by atoms with van der Waals surface area (Å²) >= 11 is 7.95. The zero-order valence-corrected chi connectivity index (χ0v) is 22.9. The number of carbonyl (C=O) groups is 1. The van der Waals surface area contributed by atoms with Crippen LogP contribution >= 0.6 is 22.9 Å². The Morgan fingerprint density at radius 3 is 2.09 bits per heavy atom. The number of allylic oxidation sites excluding steroid dienone is 5. The van der Waals surface area contributed by atoms with Gasteiger partial charge in [-0.2, -0.15) is 5.11 Å². The molecule has 1 heterocycles. The van der Waals surface area contributed by atoms with E-state index in [1.807, 2.05) is 49.4 Å². The van der Waals surface area contributed by atoms with Gasteiger partial charge in [0.05, 0.1) is 10.6 Å². The zero-order valence-electron chi connectivity index (χ0n) is 21.4. The first kappa shape index (κ1) is 25.3. The number of carbonyl (C=O) groups excluding carboxylic acids is 1. The van der Waals surface area contributed by atoms with Crippen LogP contribution in [-0.4, -0.2) is 5.78 Å². The van der Waals surface area contributed by atoms with Gasteiger partial charge in [-0.1, -0.05) is 71.3 Å². The van der Waals surface area contributed by atoms with E-state index in [1.165, 1.54) is 4.70 Å². The lowest BCUT2D eigenvalue weighted by molar-refractivity contribution is -0.114. The van der Waals surface area contributed by atoms with Crippen LogP contribution in [0.15, 0.2) is 87.6 Å². The molecule has 1 aromatic heterocycles. The number of halogens is 1. The number of aryl methyl sites for hydroxylation is 1. The Hall–Kier alpha value is -2.82. The van der Waals surface area contributed by atoms with Crippen molar-refractivity contribution in [2.24, 2.45) is 21.1 Å². The second kappa shape index (κ2) is 9.33. The van der Waals surface area contributed by atoms with Gasteiger partial charge in [-0.25, -0.2) is 0 Å². The molecule has 180 valence electrons. The van der Waals surface area contributed by atoms with Crippen LogP contribution in [0.4, 0.5) is 5.69 Å². The fraction of sp³-hybridized carbons (Fsp3) is 0.300. The van der Waals surface area contributed by atoms with Crippen LogP contribution in [0.25, 0.3) is 15.8 Å². The van der Waals surface area contributed by atoms with Gasteiger partial charge in [0.2, 0.25) is 0 Å². The van der Waals surface area contributed by atoms with E-state index in [2.05, 4.69) is 64.9 Å². The highest BCUT2D eigenvalue weighted by atomic mass is 35.5. The average Bonchev–Trinajstić information content (AvgIpc) is 3.16. The summed E-state index contributed by atoms with van der Waals surface area (Å²) in [7, 11) is 0. The van der Waals surface area contributed by atoms with Gasteiger partial charge in [-0.3, -0.25) is 4.79 Å². The predicted molar refractivity (Wildman–Crippen MR) is 150 cm³/mol. The molecule has 0 saturated heterocycles. The third-order valence-electron chi connectivity index (χ3n) is 5.93. The molecule has 0 aliphatic heterocycles. The summed E-state index contributed by atoms with van der Waals surface area (Å²) in [4.78, 5) is 14.5. The first-order valence-electron chi connectivity index (χ1n) is 11.7. The maximum atomic E-state index is 13.5. The van der Waals surface area contributed by atoms with E-state index in [0.29, 0.717) is 10.7 Å². The molecule has 3 aromatic rings. The molecule has 0 bridgehead atoms. The number of hydrogen-bond donors (Lipinski definition) is 0. The molecule has 35 heavy (non-hydrogen) atoms. The largest absolute Gasteiger partial charge is 0.289 e. The van der Waals surface area contributed by atoms with Crippen molar-refractivity contribution in [2.75, 3.05) is 0 Å². The quantitative estimate of drug-likeness (QED) is 0.328. The molecule has 5 heteroatoms. The number of ketones is 1. The second-order valence-corrected chi connectivity index (χ2v) is 12.6. The van der Waals surface area contributed by atoms with Crippen LogP contribution < -0.4 is 0 Å². The number of Topliss-reactive ketones (excluding diaryl/α,β-unsaturated/α-hetero) is 1. The van der Waals surface area contributed by atoms with Gasteiger partial charge in [0, 0.05) is 26.4 Å². The topological polar surface area (TPSA) is 41.8 Å². The van der Waals surface area contributed by atoms with E-state index in [9.17, 15) is 4.79 Å². The summed E-state index contributed by atoms with van der Waals surface area (Å²) in [5.41, 5.74) is 4.32. The Labute approximate surface area is 216 Å².